The molecule has 7 heteroatoms. The summed E-state index contributed by atoms with van der Waals surface area (Å²) >= 11 is 1.67. The minimum Gasteiger partial charge on any atom is -0.383 e. The van der Waals surface area contributed by atoms with Crippen molar-refractivity contribution in [3.05, 3.63) is 46.2 Å². The topological polar surface area (TPSA) is 58.6 Å². The van der Waals surface area contributed by atoms with Gasteiger partial charge in [-0.15, -0.1) is 11.3 Å². The molecule has 0 N–H and O–H groups in total. The van der Waals surface area contributed by atoms with E-state index in [1.807, 2.05) is 22.5 Å². The molecule has 0 saturated carbocycles. The third kappa shape index (κ3) is 4.37. The van der Waals surface area contributed by atoms with E-state index in [-0.39, 0.29) is 5.91 Å². The number of ether oxygens (including phenoxy) is 1. The SMILES string of the molecule is COCCN(Cc1cccs1)C(=O)CN1CCc2cncnc2C1. The fraction of sp³-hybridized carbons (Fsp3) is 0.471. The third-order valence-corrected chi connectivity index (χ3v) is 5.02. The summed E-state index contributed by atoms with van der Waals surface area (Å²) in [6, 6.07) is 4.08. The van der Waals surface area contributed by atoms with E-state index in [2.05, 4.69) is 20.9 Å². The molecule has 0 saturated heterocycles. The number of hydrogen-bond acceptors (Lipinski definition) is 6. The molecule has 0 bridgehead atoms. The highest BCUT2D eigenvalue weighted by atomic mass is 32.1. The molecule has 0 aliphatic carbocycles. The Balaban J connectivity index is 1.60. The van der Waals surface area contributed by atoms with Crippen LogP contribution in [0.15, 0.2) is 30.0 Å². The lowest BCUT2D eigenvalue weighted by Gasteiger charge is -2.30. The Morgan fingerprint density at radius 2 is 2.42 bits per heavy atom. The summed E-state index contributed by atoms with van der Waals surface area (Å²) in [5, 5.41) is 2.04. The van der Waals surface area contributed by atoms with Gasteiger partial charge in [-0.05, 0) is 23.4 Å². The Bertz CT molecular complexity index is 662. The Kier molecular flexibility index (Phi) is 5.90. The number of carbonyl (C=O) groups is 1. The van der Waals surface area contributed by atoms with E-state index in [1.165, 1.54) is 10.4 Å². The van der Waals surface area contributed by atoms with E-state index in [4.69, 9.17) is 4.74 Å². The van der Waals surface area contributed by atoms with Crippen LogP contribution in [0.4, 0.5) is 0 Å². The molecule has 1 aliphatic rings. The summed E-state index contributed by atoms with van der Waals surface area (Å²) in [7, 11) is 1.66. The minimum absolute atomic E-state index is 0.137. The first-order valence-electron chi connectivity index (χ1n) is 8.05. The van der Waals surface area contributed by atoms with Crippen LogP contribution >= 0.6 is 11.3 Å². The molecular formula is C17H22N4O2S. The van der Waals surface area contributed by atoms with E-state index < -0.39 is 0 Å². The van der Waals surface area contributed by atoms with Crippen molar-refractivity contribution in [2.45, 2.75) is 19.5 Å². The summed E-state index contributed by atoms with van der Waals surface area (Å²) in [5.41, 5.74) is 2.22. The highest BCUT2D eigenvalue weighted by Gasteiger charge is 2.22. The second kappa shape index (κ2) is 8.32. The Hall–Kier alpha value is -1.83. The molecular weight excluding hydrogens is 324 g/mol. The summed E-state index contributed by atoms with van der Waals surface area (Å²) in [4.78, 5) is 26.4. The molecule has 0 atom stereocenters. The van der Waals surface area contributed by atoms with Gasteiger partial charge < -0.3 is 9.64 Å². The van der Waals surface area contributed by atoms with Crippen LogP contribution in [0.5, 0.6) is 0 Å². The summed E-state index contributed by atoms with van der Waals surface area (Å²) < 4.78 is 5.16. The number of fused-ring (bicyclic) bond motifs is 1. The fourth-order valence-electron chi connectivity index (χ4n) is 2.81. The Morgan fingerprint density at radius 3 is 3.21 bits per heavy atom. The average Bonchev–Trinajstić information content (AvgIpc) is 3.11. The van der Waals surface area contributed by atoms with Gasteiger partial charge >= 0.3 is 0 Å². The molecule has 0 fully saturated rings. The molecule has 2 aromatic heterocycles. The number of amides is 1. The molecule has 6 nitrogen and oxygen atoms in total. The standard InChI is InChI=1S/C17H22N4O2S/c1-23-7-6-21(10-15-3-2-8-24-15)17(22)12-20-5-4-14-9-18-13-19-16(14)11-20/h2-3,8-9,13H,4-7,10-12H2,1H3. The molecule has 128 valence electrons. The van der Waals surface area contributed by atoms with Crippen molar-refractivity contribution in [2.24, 2.45) is 0 Å². The van der Waals surface area contributed by atoms with E-state index >= 15 is 0 Å². The van der Waals surface area contributed by atoms with Crippen LogP contribution in [-0.4, -0.2) is 59.0 Å². The summed E-state index contributed by atoms with van der Waals surface area (Å²) in [6.07, 6.45) is 4.35. The molecule has 1 amide bonds. The highest BCUT2D eigenvalue weighted by Crippen LogP contribution is 2.16. The minimum atomic E-state index is 0.137. The van der Waals surface area contributed by atoms with Gasteiger partial charge in [-0.1, -0.05) is 6.07 Å². The van der Waals surface area contributed by atoms with Crippen LogP contribution in [-0.2, 0) is 29.0 Å². The maximum atomic E-state index is 12.8. The van der Waals surface area contributed by atoms with Crippen molar-refractivity contribution < 1.29 is 9.53 Å². The van der Waals surface area contributed by atoms with Gasteiger partial charge in [-0.2, -0.15) is 0 Å². The van der Waals surface area contributed by atoms with Gasteiger partial charge in [-0.3, -0.25) is 9.69 Å². The zero-order valence-corrected chi connectivity index (χ0v) is 14.7. The van der Waals surface area contributed by atoms with E-state index in [0.29, 0.717) is 32.8 Å². The van der Waals surface area contributed by atoms with E-state index in [9.17, 15) is 4.79 Å². The first-order valence-corrected chi connectivity index (χ1v) is 8.93. The lowest BCUT2D eigenvalue weighted by atomic mass is 10.1. The van der Waals surface area contributed by atoms with Crippen LogP contribution in [0.1, 0.15) is 16.1 Å². The van der Waals surface area contributed by atoms with E-state index in [0.717, 1.165) is 18.7 Å². The van der Waals surface area contributed by atoms with Crippen molar-refractivity contribution in [3.63, 3.8) is 0 Å². The highest BCUT2D eigenvalue weighted by molar-refractivity contribution is 7.09. The second-order valence-electron chi connectivity index (χ2n) is 5.84. The van der Waals surface area contributed by atoms with Gasteiger partial charge in [0.1, 0.15) is 6.33 Å². The van der Waals surface area contributed by atoms with Crippen molar-refractivity contribution in [2.75, 3.05) is 33.4 Å². The van der Waals surface area contributed by atoms with Crippen molar-refractivity contribution >= 4 is 17.2 Å². The summed E-state index contributed by atoms with van der Waals surface area (Å²) in [6.45, 7) is 3.79. The van der Waals surface area contributed by atoms with Crippen LogP contribution in [0.25, 0.3) is 0 Å². The number of hydrogen-bond donors (Lipinski definition) is 0. The van der Waals surface area contributed by atoms with Crippen molar-refractivity contribution in [3.8, 4) is 0 Å². The third-order valence-electron chi connectivity index (χ3n) is 4.16. The van der Waals surface area contributed by atoms with Crippen LogP contribution < -0.4 is 0 Å². The van der Waals surface area contributed by atoms with Crippen LogP contribution in [0.3, 0.4) is 0 Å². The molecule has 3 heterocycles. The maximum absolute atomic E-state index is 12.8. The van der Waals surface area contributed by atoms with Crippen LogP contribution in [0.2, 0.25) is 0 Å². The molecule has 24 heavy (non-hydrogen) atoms. The number of aromatic nitrogens is 2. The second-order valence-corrected chi connectivity index (χ2v) is 6.88. The Labute approximate surface area is 146 Å². The van der Waals surface area contributed by atoms with E-state index in [1.54, 1.807) is 24.8 Å². The largest absolute Gasteiger partial charge is 0.383 e. The van der Waals surface area contributed by atoms with Crippen LogP contribution in [0, 0.1) is 0 Å². The van der Waals surface area contributed by atoms with Gasteiger partial charge in [0.25, 0.3) is 0 Å². The predicted octanol–water partition coefficient (Wildman–Crippen LogP) is 1.57. The molecule has 3 rings (SSSR count). The lowest BCUT2D eigenvalue weighted by molar-refractivity contribution is -0.133. The number of nitrogens with zero attached hydrogens (tertiary/aromatic N) is 4. The molecule has 1 aliphatic heterocycles. The van der Waals surface area contributed by atoms with Gasteiger partial charge in [-0.25, -0.2) is 9.97 Å². The smallest absolute Gasteiger partial charge is 0.237 e. The van der Waals surface area contributed by atoms with Gasteiger partial charge in [0, 0.05) is 37.8 Å². The zero-order chi connectivity index (χ0) is 16.8. The summed E-state index contributed by atoms with van der Waals surface area (Å²) in [5.74, 6) is 0.137. The Morgan fingerprint density at radius 1 is 1.50 bits per heavy atom. The molecule has 0 unspecified atom stereocenters. The number of methoxy groups -OCH3 is 1. The van der Waals surface area contributed by atoms with Gasteiger partial charge in [0.05, 0.1) is 25.4 Å². The molecule has 0 spiro atoms. The molecule has 2 aromatic rings. The lowest BCUT2D eigenvalue weighted by Crippen LogP contribution is -2.43. The first-order chi connectivity index (χ1) is 11.8. The average molecular weight is 346 g/mol. The molecule has 0 radical (unpaired) electrons. The molecule has 0 aromatic carbocycles. The van der Waals surface area contributed by atoms with Gasteiger partial charge in [0.2, 0.25) is 5.91 Å². The quantitative estimate of drug-likeness (QED) is 0.762. The monoisotopic (exact) mass is 346 g/mol. The predicted molar refractivity (Wildman–Crippen MR) is 92.6 cm³/mol. The first kappa shape index (κ1) is 17.0. The fourth-order valence-corrected chi connectivity index (χ4v) is 3.53. The number of carbonyl (C=O) groups excluding carboxylic acids is 1. The normalized spacial score (nSPS) is 14.4. The number of thiophene rings is 1. The maximum Gasteiger partial charge on any atom is 0.237 e. The van der Waals surface area contributed by atoms with Crippen molar-refractivity contribution in [1.29, 1.82) is 0 Å². The van der Waals surface area contributed by atoms with Crippen molar-refractivity contribution in [1.82, 2.24) is 19.8 Å². The zero-order valence-electron chi connectivity index (χ0n) is 13.9. The van der Waals surface area contributed by atoms with Gasteiger partial charge in [0.15, 0.2) is 0 Å². The number of rotatable bonds is 7.